The molecule has 5 heteroatoms. The van der Waals surface area contributed by atoms with Gasteiger partial charge in [-0.25, -0.2) is 4.79 Å². The van der Waals surface area contributed by atoms with Gasteiger partial charge in [-0.15, -0.1) is 11.8 Å². The third-order valence-corrected chi connectivity index (χ3v) is 3.04. The van der Waals surface area contributed by atoms with Crippen molar-refractivity contribution in [2.45, 2.75) is 24.7 Å². The molecule has 0 amide bonds. The van der Waals surface area contributed by atoms with Gasteiger partial charge in [0.2, 0.25) is 0 Å². The molecule has 1 saturated heterocycles. The standard InChI is InChI=1S/C9H16O4S/c10-8(11)7-12-5-6-14-9-3-1-2-4-13-9/h9H,1-7H2,(H,10,11). The molecule has 1 heterocycles. The molecule has 0 saturated carbocycles. The number of carboxylic acid groups (broad SMARTS) is 1. The molecule has 1 unspecified atom stereocenters. The van der Waals surface area contributed by atoms with Crippen LogP contribution >= 0.6 is 11.8 Å². The van der Waals surface area contributed by atoms with Crippen molar-refractivity contribution in [2.75, 3.05) is 25.6 Å². The molecule has 14 heavy (non-hydrogen) atoms. The van der Waals surface area contributed by atoms with E-state index in [1.54, 1.807) is 11.8 Å². The fraction of sp³-hybridized carbons (Fsp3) is 0.889. The van der Waals surface area contributed by atoms with Crippen molar-refractivity contribution < 1.29 is 19.4 Å². The first-order chi connectivity index (χ1) is 6.79. The largest absolute Gasteiger partial charge is 0.480 e. The van der Waals surface area contributed by atoms with Gasteiger partial charge in [0.05, 0.1) is 6.61 Å². The zero-order valence-corrected chi connectivity index (χ0v) is 8.92. The van der Waals surface area contributed by atoms with Crippen molar-refractivity contribution >= 4 is 17.7 Å². The molecule has 0 aromatic carbocycles. The number of rotatable bonds is 6. The smallest absolute Gasteiger partial charge is 0.329 e. The van der Waals surface area contributed by atoms with E-state index in [1.165, 1.54) is 6.42 Å². The zero-order valence-electron chi connectivity index (χ0n) is 8.11. The van der Waals surface area contributed by atoms with Crippen LogP contribution in [0.4, 0.5) is 0 Å². The Hall–Kier alpha value is -0.260. The monoisotopic (exact) mass is 220 g/mol. The van der Waals surface area contributed by atoms with Crippen LogP contribution in [0.1, 0.15) is 19.3 Å². The molecule has 1 N–H and O–H groups in total. The lowest BCUT2D eigenvalue weighted by Gasteiger charge is -2.21. The normalized spacial score (nSPS) is 22.1. The summed E-state index contributed by atoms with van der Waals surface area (Å²) in [7, 11) is 0. The van der Waals surface area contributed by atoms with Crippen LogP contribution in [0.15, 0.2) is 0 Å². The Morgan fingerprint density at radius 3 is 3.07 bits per heavy atom. The van der Waals surface area contributed by atoms with Crippen LogP contribution in [0.3, 0.4) is 0 Å². The van der Waals surface area contributed by atoms with Gasteiger partial charge < -0.3 is 14.6 Å². The highest BCUT2D eigenvalue weighted by atomic mass is 32.2. The SMILES string of the molecule is O=C(O)COCCSC1CCCCO1. The van der Waals surface area contributed by atoms with Crippen LogP contribution in [0.2, 0.25) is 0 Å². The molecule has 0 aliphatic carbocycles. The van der Waals surface area contributed by atoms with Gasteiger partial charge in [-0.1, -0.05) is 0 Å². The maximum absolute atomic E-state index is 10.1. The molecule has 0 radical (unpaired) electrons. The summed E-state index contributed by atoms with van der Waals surface area (Å²) in [6, 6.07) is 0. The van der Waals surface area contributed by atoms with Crippen molar-refractivity contribution in [1.82, 2.24) is 0 Å². The fourth-order valence-electron chi connectivity index (χ4n) is 1.24. The van der Waals surface area contributed by atoms with Crippen LogP contribution in [-0.4, -0.2) is 42.1 Å². The molecular weight excluding hydrogens is 204 g/mol. The van der Waals surface area contributed by atoms with Crippen molar-refractivity contribution in [3.8, 4) is 0 Å². The van der Waals surface area contributed by atoms with E-state index in [9.17, 15) is 4.79 Å². The minimum Gasteiger partial charge on any atom is -0.480 e. The van der Waals surface area contributed by atoms with Gasteiger partial charge in [-0.3, -0.25) is 0 Å². The number of carboxylic acids is 1. The Morgan fingerprint density at radius 1 is 1.57 bits per heavy atom. The highest BCUT2D eigenvalue weighted by Crippen LogP contribution is 2.22. The third kappa shape index (κ3) is 5.47. The van der Waals surface area contributed by atoms with Gasteiger partial charge in [0.25, 0.3) is 0 Å². The molecule has 4 nitrogen and oxygen atoms in total. The van der Waals surface area contributed by atoms with E-state index < -0.39 is 5.97 Å². The molecule has 82 valence electrons. The third-order valence-electron chi connectivity index (χ3n) is 1.89. The highest BCUT2D eigenvalue weighted by molar-refractivity contribution is 7.99. The average Bonchev–Trinajstić information content (AvgIpc) is 2.18. The minimum atomic E-state index is -0.913. The quantitative estimate of drug-likeness (QED) is 0.685. The second kappa shape index (κ2) is 7.09. The van der Waals surface area contributed by atoms with Crippen LogP contribution < -0.4 is 0 Å². The molecule has 1 aliphatic rings. The van der Waals surface area contributed by atoms with Gasteiger partial charge >= 0.3 is 5.97 Å². The summed E-state index contributed by atoms with van der Waals surface area (Å²) in [6.45, 7) is 1.14. The lowest BCUT2D eigenvalue weighted by molar-refractivity contribution is -0.141. The summed E-state index contributed by atoms with van der Waals surface area (Å²) in [4.78, 5) is 10.1. The van der Waals surface area contributed by atoms with Crippen molar-refractivity contribution in [2.24, 2.45) is 0 Å². The summed E-state index contributed by atoms with van der Waals surface area (Å²) in [5.74, 6) is -0.110. The van der Waals surface area contributed by atoms with Crippen LogP contribution in [0.25, 0.3) is 0 Å². The fourth-order valence-corrected chi connectivity index (χ4v) is 2.24. The Morgan fingerprint density at radius 2 is 2.43 bits per heavy atom. The van der Waals surface area contributed by atoms with Crippen molar-refractivity contribution in [1.29, 1.82) is 0 Å². The van der Waals surface area contributed by atoms with Crippen LogP contribution in [0, 0.1) is 0 Å². The second-order valence-corrected chi connectivity index (χ2v) is 4.38. The Labute approximate surface area is 88.0 Å². The number of carbonyl (C=O) groups is 1. The summed E-state index contributed by atoms with van der Waals surface area (Å²) in [5, 5.41) is 8.31. The van der Waals surface area contributed by atoms with E-state index in [0.29, 0.717) is 6.61 Å². The highest BCUT2D eigenvalue weighted by Gasteiger charge is 2.13. The molecule has 1 aliphatic heterocycles. The Balaban J connectivity index is 1.90. The Bertz CT molecular complexity index is 168. The molecule has 0 aromatic rings. The first-order valence-electron chi connectivity index (χ1n) is 4.82. The van der Waals surface area contributed by atoms with Gasteiger partial charge in [0.1, 0.15) is 12.0 Å². The van der Waals surface area contributed by atoms with Gasteiger partial charge in [0, 0.05) is 12.4 Å². The minimum absolute atomic E-state index is 0.202. The molecule has 1 rings (SSSR count). The zero-order chi connectivity index (χ0) is 10.2. The molecule has 0 aromatic heterocycles. The van der Waals surface area contributed by atoms with E-state index in [2.05, 4.69) is 0 Å². The van der Waals surface area contributed by atoms with E-state index in [-0.39, 0.29) is 12.0 Å². The maximum Gasteiger partial charge on any atom is 0.329 e. The van der Waals surface area contributed by atoms with E-state index in [1.807, 2.05) is 0 Å². The number of hydrogen-bond acceptors (Lipinski definition) is 4. The predicted molar refractivity (Wildman–Crippen MR) is 54.5 cm³/mol. The van der Waals surface area contributed by atoms with E-state index >= 15 is 0 Å². The first-order valence-corrected chi connectivity index (χ1v) is 5.86. The topological polar surface area (TPSA) is 55.8 Å². The summed E-state index contributed by atoms with van der Waals surface area (Å²) >= 11 is 1.71. The van der Waals surface area contributed by atoms with Gasteiger partial charge in [-0.05, 0) is 19.3 Å². The number of thioether (sulfide) groups is 1. The predicted octanol–water partition coefficient (Wildman–Crippen LogP) is 1.35. The molecule has 1 atom stereocenters. The molecule has 0 bridgehead atoms. The molecular formula is C9H16O4S. The van der Waals surface area contributed by atoms with Crippen LogP contribution in [-0.2, 0) is 14.3 Å². The summed E-state index contributed by atoms with van der Waals surface area (Å²) < 4.78 is 10.4. The Kier molecular flexibility index (Phi) is 5.98. The summed E-state index contributed by atoms with van der Waals surface area (Å²) in [5.41, 5.74) is 0.289. The van der Waals surface area contributed by atoms with E-state index in [4.69, 9.17) is 14.6 Å². The van der Waals surface area contributed by atoms with Crippen molar-refractivity contribution in [3.05, 3.63) is 0 Å². The molecule has 1 fully saturated rings. The first kappa shape index (κ1) is 11.8. The maximum atomic E-state index is 10.1. The number of hydrogen-bond donors (Lipinski definition) is 1. The van der Waals surface area contributed by atoms with Gasteiger partial charge in [0.15, 0.2) is 0 Å². The van der Waals surface area contributed by atoms with Crippen molar-refractivity contribution in [3.63, 3.8) is 0 Å². The number of ether oxygens (including phenoxy) is 2. The van der Waals surface area contributed by atoms with E-state index in [0.717, 1.165) is 25.2 Å². The second-order valence-electron chi connectivity index (χ2n) is 3.11. The van der Waals surface area contributed by atoms with Gasteiger partial charge in [-0.2, -0.15) is 0 Å². The lowest BCUT2D eigenvalue weighted by Crippen LogP contribution is -2.17. The number of aliphatic carboxylic acids is 1. The average molecular weight is 220 g/mol. The van der Waals surface area contributed by atoms with Crippen LogP contribution in [0.5, 0.6) is 0 Å². The summed E-state index contributed by atoms with van der Waals surface area (Å²) in [6.07, 6.45) is 3.49. The molecule has 0 spiro atoms. The lowest BCUT2D eigenvalue weighted by atomic mass is 10.2.